The summed E-state index contributed by atoms with van der Waals surface area (Å²) >= 11 is 0. The molecule has 170 valence electrons. The Morgan fingerprint density at radius 3 is 2.58 bits per heavy atom. The number of methoxy groups -OCH3 is 1. The first kappa shape index (κ1) is 26.1. The predicted molar refractivity (Wildman–Crippen MR) is 121 cm³/mol. The number of rotatable bonds is 11. The third-order valence-electron chi connectivity index (χ3n) is 4.90. The minimum atomic E-state index is -0.849. The van der Waals surface area contributed by atoms with Crippen LogP contribution in [0.2, 0.25) is 0 Å². The maximum absolute atomic E-state index is 12.6. The smallest absolute Gasteiger partial charge is 0.432 e. The summed E-state index contributed by atoms with van der Waals surface area (Å²) in [6, 6.07) is 1.33. The highest BCUT2D eigenvalue weighted by molar-refractivity contribution is 6.09. The maximum Gasteiger partial charge on any atom is 0.432 e. The number of unbranched alkanes of at least 4 members (excludes halogenated alkanes) is 2. The van der Waals surface area contributed by atoms with Crippen molar-refractivity contribution in [3.63, 3.8) is 0 Å². The van der Waals surface area contributed by atoms with Gasteiger partial charge in [-0.1, -0.05) is 38.0 Å². The number of aromatic hydroxyl groups is 1. The van der Waals surface area contributed by atoms with E-state index in [2.05, 4.69) is 16.7 Å². The Morgan fingerprint density at radius 2 is 1.97 bits per heavy atom. The normalized spacial score (nSPS) is 13.5. The number of allylic oxidation sites excluding steroid dienone is 4. The Hall–Kier alpha value is -2.96. The van der Waals surface area contributed by atoms with Crippen LogP contribution >= 0.6 is 0 Å². The Bertz CT molecular complexity index is 907. The topological polar surface area (TPSA) is 106 Å². The zero-order chi connectivity index (χ0) is 23.4. The van der Waals surface area contributed by atoms with E-state index in [1.165, 1.54) is 19.4 Å². The summed E-state index contributed by atoms with van der Waals surface area (Å²) in [4.78, 5) is 39.6. The van der Waals surface area contributed by atoms with E-state index in [-0.39, 0.29) is 17.2 Å². The van der Waals surface area contributed by atoms with Gasteiger partial charge in [-0.05, 0) is 51.5 Å². The van der Waals surface area contributed by atoms with Gasteiger partial charge >= 0.3 is 11.7 Å². The summed E-state index contributed by atoms with van der Waals surface area (Å²) in [5, 5.41) is 10.3. The molecule has 1 aromatic rings. The highest BCUT2D eigenvalue weighted by atomic mass is 16.5. The van der Waals surface area contributed by atoms with Crippen molar-refractivity contribution in [1.29, 1.82) is 0 Å². The fraction of sp³-hybridized carbons (Fsp3) is 0.500. The Kier molecular flexibility index (Phi) is 11.2. The monoisotopic (exact) mass is 431 g/mol. The summed E-state index contributed by atoms with van der Waals surface area (Å²) in [5.41, 5.74) is 0.295. The van der Waals surface area contributed by atoms with Crippen LogP contribution in [0.15, 0.2) is 43.6 Å². The molecule has 1 heterocycles. The number of ether oxygens (including phenoxy) is 1. The van der Waals surface area contributed by atoms with E-state index in [4.69, 9.17) is 4.42 Å². The summed E-state index contributed by atoms with van der Waals surface area (Å²) in [7, 11) is 1.26. The van der Waals surface area contributed by atoms with Gasteiger partial charge in [0.05, 0.1) is 7.11 Å². The molecule has 0 aromatic carbocycles. The highest BCUT2D eigenvalue weighted by Gasteiger charge is 2.21. The number of ketones is 1. The largest absolute Gasteiger partial charge is 0.507 e. The summed E-state index contributed by atoms with van der Waals surface area (Å²) < 4.78 is 9.74. The third-order valence-corrected chi connectivity index (χ3v) is 4.90. The van der Waals surface area contributed by atoms with Gasteiger partial charge in [-0.2, -0.15) is 4.99 Å². The van der Waals surface area contributed by atoms with Gasteiger partial charge in [0.1, 0.15) is 17.1 Å². The van der Waals surface area contributed by atoms with Gasteiger partial charge in [0.25, 0.3) is 0 Å². The molecule has 31 heavy (non-hydrogen) atoms. The molecule has 0 spiro atoms. The zero-order valence-electron chi connectivity index (χ0n) is 19.1. The van der Waals surface area contributed by atoms with Crippen molar-refractivity contribution < 1.29 is 23.8 Å². The number of hydrogen-bond acceptors (Lipinski definition) is 6. The maximum atomic E-state index is 12.6. The number of hydrogen-bond donors (Lipinski definition) is 1. The van der Waals surface area contributed by atoms with Gasteiger partial charge < -0.3 is 14.3 Å². The van der Waals surface area contributed by atoms with E-state index in [1.807, 2.05) is 19.9 Å². The lowest BCUT2D eigenvalue weighted by Crippen LogP contribution is -2.16. The van der Waals surface area contributed by atoms with Gasteiger partial charge in [-0.3, -0.25) is 4.79 Å². The van der Waals surface area contributed by atoms with E-state index in [0.29, 0.717) is 30.6 Å². The van der Waals surface area contributed by atoms with Crippen LogP contribution in [0.25, 0.3) is 0 Å². The highest BCUT2D eigenvalue weighted by Crippen LogP contribution is 2.26. The Morgan fingerprint density at radius 1 is 1.26 bits per heavy atom. The molecule has 1 unspecified atom stereocenters. The van der Waals surface area contributed by atoms with Gasteiger partial charge in [-0.25, -0.2) is 9.59 Å². The van der Waals surface area contributed by atoms with Crippen LogP contribution in [-0.4, -0.2) is 30.3 Å². The fourth-order valence-electron chi connectivity index (χ4n) is 2.88. The lowest BCUT2D eigenvalue weighted by Gasteiger charge is -2.11. The molecule has 0 aliphatic heterocycles. The van der Waals surface area contributed by atoms with Crippen LogP contribution in [0.1, 0.15) is 88.3 Å². The lowest BCUT2D eigenvalue weighted by molar-refractivity contribution is 0.102. The SMILES string of the molecule is CCCCC(C)=CC=C(C)C(=O)c1c(O)cc(C(C)CCCC=NC(=O)OC)oc1=O. The minimum absolute atomic E-state index is 0.157. The molecule has 0 saturated carbocycles. The van der Waals surface area contributed by atoms with E-state index < -0.39 is 17.5 Å². The van der Waals surface area contributed by atoms with Crippen molar-refractivity contribution in [1.82, 2.24) is 0 Å². The standard InChI is InChI=1S/C24H33NO6/c1-6-7-10-16(2)12-13-18(4)22(27)21-19(26)15-20(31-23(21)28)17(3)11-8-9-14-25-24(29)30-5/h12-15,17,26H,6-11H2,1-5H3. The van der Waals surface area contributed by atoms with Crippen LogP contribution in [-0.2, 0) is 4.74 Å². The van der Waals surface area contributed by atoms with Crippen molar-refractivity contribution in [2.45, 2.75) is 72.1 Å². The van der Waals surface area contributed by atoms with E-state index >= 15 is 0 Å². The van der Waals surface area contributed by atoms with Crippen LogP contribution < -0.4 is 5.63 Å². The predicted octanol–water partition coefficient (Wildman–Crippen LogP) is 5.72. The molecule has 0 aliphatic rings. The van der Waals surface area contributed by atoms with Crippen LogP contribution in [0.4, 0.5) is 4.79 Å². The number of carbonyl (C=O) groups is 2. The first-order valence-electron chi connectivity index (χ1n) is 10.6. The van der Waals surface area contributed by atoms with Crippen molar-refractivity contribution in [3.8, 4) is 5.75 Å². The molecular formula is C24H33NO6. The van der Waals surface area contributed by atoms with Crippen molar-refractivity contribution in [3.05, 3.63) is 51.1 Å². The molecule has 7 heteroatoms. The first-order chi connectivity index (χ1) is 14.7. The molecule has 1 N–H and O–H groups in total. The number of Topliss-reactive ketones (excluding diaryl/α,β-unsaturated/α-hetero) is 1. The van der Waals surface area contributed by atoms with E-state index in [9.17, 15) is 19.5 Å². The quantitative estimate of drug-likeness (QED) is 0.158. The molecule has 0 aliphatic carbocycles. The molecule has 1 rings (SSSR count). The van der Waals surface area contributed by atoms with Crippen LogP contribution in [0, 0.1) is 0 Å². The van der Waals surface area contributed by atoms with Crippen molar-refractivity contribution in [2.75, 3.05) is 7.11 Å². The number of aliphatic imine (C=N–C) groups is 1. The van der Waals surface area contributed by atoms with Gasteiger partial charge in [0, 0.05) is 18.2 Å². The van der Waals surface area contributed by atoms with E-state index in [1.54, 1.807) is 13.0 Å². The minimum Gasteiger partial charge on any atom is -0.507 e. The number of amides is 1. The van der Waals surface area contributed by atoms with Crippen molar-refractivity contribution >= 4 is 18.1 Å². The zero-order valence-corrected chi connectivity index (χ0v) is 19.1. The number of nitrogens with zero attached hydrogens (tertiary/aromatic N) is 1. The molecular weight excluding hydrogens is 398 g/mol. The summed E-state index contributed by atoms with van der Waals surface area (Å²) in [6.45, 7) is 7.57. The van der Waals surface area contributed by atoms with Crippen LogP contribution in [0.3, 0.4) is 0 Å². The number of carbonyl (C=O) groups excluding carboxylic acids is 2. The molecule has 1 aromatic heterocycles. The Labute approximate surface area is 183 Å². The average Bonchev–Trinajstić information content (AvgIpc) is 2.74. The molecule has 0 bridgehead atoms. The summed E-state index contributed by atoms with van der Waals surface area (Å²) in [6.07, 6.45) is 9.35. The van der Waals surface area contributed by atoms with E-state index in [0.717, 1.165) is 24.8 Å². The second kappa shape index (κ2) is 13.4. The van der Waals surface area contributed by atoms with Gasteiger partial charge in [0.2, 0.25) is 0 Å². The molecule has 1 atom stereocenters. The lowest BCUT2D eigenvalue weighted by atomic mass is 9.99. The average molecular weight is 432 g/mol. The molecule has 0 fully saturated rings. The first-order valence-corrected chi connectivity index (χ1v) is 10.6. The molecule has 7 nitrogen and oxygen atoms in total. The molecule has 1 amide bonds. The second-order valence-electron chi connectivity index (χ2n) is 7.61. The fourth-order valence-corrected chi connectivity index (χ4v) is 2.88. The summed E-state index contributed by atoms with van der Waals surface area (Å²) in [5.74, 6) is -0.783. The molecule has 0 radical (unpaired) electrons. The second-order valence-corrected chi connectivity index (χ2v) is 7.61. The van der Waals surface area contributed by atoms with Gasteiger partial charge in [0.15, 0.2) is 5.78 Å². The third kappa shape index (κ3) is 8.74. The van der Waals surface area contributed by atoms with Crippen LogP contribution in [0.5, 0.6) is 5.75 Å². The van der Waals surface area contributed by atoms with Gasteiger partial charge in [-0.15, -0.1) is 0 Å². The Balaban J connectivity index is 2.86. The molecule has 0 saturated heterocycles. The van der Waals surface area contributed by atoms with Crippen molar-refractivity contribution in [2.24, 2.45) is 4.99 Å².